The molecular formula is C15H23NO4S. The Morgan fingerprint density at radius 3 is 2.71 bits per heavy atom. The lowest BCUT2D eigenvalue weighted by molar-refractivity contribution is 0.0727. The average Bonchev–Trinajstić information content (AvgIpc) is 2.62. The molecule has 3 atom stereocenters. The Kier molecular flexibility index (Phi) is 4.91. The molecule has 0 radical (unpaired) electrons. The van der Waals surface area contributed by atoms with Crippen LogP contribution in [0.15, 0.2) is 18.2 Å². The predicted octanol–water partition coefficient (Wildman–Crippen LogP) is 1.20. The Morgan fingerprint density at radius 1 is 1.43 bits per heavy atom. The summed E-state index contributed by atoms with van der Waals surface area (Å²) in [5, 5.41) is 13.2. The second-order valence-electron chi connectivity index (χ2n) is 5.62. The highest BCUT2D eigenvalue weighted by Gasteiger charge is 2.38. The molecule has 1 saturated heterocycles. The van der Waals surface area contributed by atoms with Crippen molar-refractivity contribution >= 4 is 9.84 Å². The Hall–Kier alpha value is -1.11. The van der Waals surface area contributed by atoms with Crippen LogP contribution in [-0.4, -0.2) is 43.8 Å². The van der Waals surface area contributed by atoms with Gasteiger partial charge in [0.2, 0.25) is 0 Å². The molecule has 2 rings (SSSR count). The quantitative estimate of drug-likeness (QED) is 0.854. The number of benzene rings is 1. The van der Waals surface area contributed by atoms with Crippen molar-refractivity contribution in [1.82, 2.24) is 5.32 Å². The normalized spacial score (nSPS) is 25.7. The minimum atomic E-state index is -3.21. The number of ether oxygens (including phenoxy) is 1. The average molecular weight is 313 g/mol. The lowest BCUT2D eigenvalue weighted by Gasteiger charge is -2.22. The minimum absolute atomic E-state index is 0.0979. The first kappa shape index (κ1) is 16.3. The van der Waals surface area contributed by atoms with Gasteiger partial charge in [-0.05, 0) is 32.0 Å². The fourth-order valence-electron chi connectivity index (χ4n) is 2.59. The fraction of sp³-hybridized carbons (Fsp3) is 0.600. The van der Waals surface area contributed by atoms with Gasteiger partial charge in [0, 0.05) is 11.6 Å². The summed E-state index contributed by atoms with van der Waals surface area (Å²) in [6.07, 6.45) is -1.65. The van der Waals surface area contributed by atoms with E-state index in [0.717, 1.165) is 17.7 Å². The number of sulfone groups is 1. The second-order valence-corrected chi connectivity index (χ2v) is 7.78. The molecule has 1 heterocycles. The van der Waals surface area contributed by atoms with Gasteiger partial charge in [-0.2, -0.15) is 0 Å². The predicted molar refractivity (Wildman–Crippen MR) is 82.3 cm³/mol. The Bertz CT molecular complexity index is 600. The maximum atomic E-state index is 11.6. The second kappa shape index (κ2) is 6.34. The van der Waals surface area contributed by atoms with Gasteiger partial charge in [0.05, 0.1) is 11.5 Å². The van der Waals surface area contributed by atoms with Crippen molar-refractivity contribution in [3.63, 3.8) is 0 Å². The summed E-state index contributed by atoms with van der Waals surface area (Å²) in [6.45, 7) is 6.84. The van der Waals surface area contributed by atoms with Crippen molar-refractivity contribution in [2.45, 2.75) is 39.0 Å². The summed E-state index contributed by atoms with van der Waals surface area (Å²) in [7, 11) is -3.21. The molecule has 118 valence electrons. The number of rotatable bonds is 5. The van der Waals surface area contributed by atoms with E-state index in [1.54, 1.807) is 0 Å². The summed E-state index contributed by atoms with van der Waals surface area (Å²) in [5.41, 5.74) is 2.01. The van der Waals surface area contributed by atoms with Crippen molar-refractivity contribution < 1.29 is 18.3 Å². The standard InChI is InChI=1S/C15H23NO4S/c1-4-16-11(3)12-6-5-10(2)7-14(12)20-15-9-21(18,19)8-13(15)17/h5-7,11,13,15-17H,4,8-9H2,1-3H3. The number of aryl methyl sites for hydroxylation is 1. The molecule has 2 N–H and O–H groups in total. The minimum Gasteiger partial charge on any atom is -0.486 e. The van der Waals surface area contributed by atoms with Crippen molar-refractivity contribution in [2.75, 3.05) is 18.1 Å². The highest BCUT2D eigenvalue weighted by atomic mass is 32.2. The van der Waals surface area contributed by atoms with Gasteiger partial charge in [-0.3, -0.25) is 0 Å². The van der Waals surface area contributed by atoms with E-state index >= 15 is 0 Å². The highest BCUT2D eigenvalue weighted by Crippen LogP contribution is 2.29. The van der Waals surface area contributed by atoms with E-state index in [-0.39, 0.29) is 17.5 Å². The maximum absolute atomic E-state index is 11.6. The number of hydrogen-bond donors (Lipinski definition) is 2. The van der Waals surface area contributed by atoms with Gasteiger partial charge in [0.1, 0.15) is 18.0 Å². The zero-order valence-corrected chi connectivity index (χ0v) is 13.5. The molecule has 0 saturated carbocycles. The number of aliphatic hydroxyl groups is 1. The molecule has 0 spiro atoms. The smallest absolute Gasteiger partial charge is 0.156 e. The molecule has 0 aromatic heterocycles. The molecular weight excluding hydrogens is 290 g/mol. The number of nitrogens with one attached hydrogen (secondary N) is 1. The van der Waals surface area contributed by atoms with Gasteiger partial charge >= 0.3 is 0 Å². The molecule has 1 fully saturated rings. The maximum Gasteiger partial charge on any atom is 0.156 e. The van der Waals surface area contributed by atoms with Crippen LogP contribution in [-0.2, 0) is 9.84 Å². The first-order chi connectivity index (χ1) is 9.82. The molecule has 0 amide bonds. The largest absolute Gasteiger partial charge is 0.486 e. The molecule has 0 aliphatic carbocycles. The van der Waals surface area contributed by atoms with Crippen LogP contribution in [0.4, 0.5) is 0 Å². The monoisotopic (exact) mass is 313 g/mol. The van der Waals surface area contributed by atoms with Crippen LogP contribution < -0.4 is 10.1 Å². The third kappa shape index (κ3) is 3.96. The van der Waals surface area contributed by atoms with Gasteiger partial charge in [0.15, 0.2) is 9.84 Å². The van der Waals surface area contributed by atoms with Crippen LogP contribution in [0, 0.1) is 6.92 Å². The lowest BCUT2D eigenvalue weighted by atomic mass is 10.0. The zero-order valence-electron chi connectivity index (χ0n) is 12.7. The van der Waals surface area contributed by atoms with Gasteiger partial charge in [-0.15, -0.1) is 0 Å². The van der Waals surface area contributed by atoms with Crippen molar-refractivity contribution in [3.05, 3.63) is 29.3 Å². The molecule has 0 bridgehead atoms. The summed E-state index contributed by atoms with van der Waals surface area (Å²) in [4.78, 5) is 0. The van der Waals surface area contributed by atoms with Crippen molar-refractivity contribution in [1.29, 1.82) is 0 Å². The lowest BCUT2D eigenvalue weighted by Crippen LogP contribution is -2.30. The van der Waals surface area contributed by atoms with Gasteiger partial charge in [0.25, 0.3) is 0 Å². The van der Waals surface area contributed by atoms with Crippen LogP contribution in [0.1, 0.15) is 31.0 Å². The SMILES string of the molecule is CCNC(C)c1ccc(C)cc1OC1CS(=O)(=O)CC1O. The number of hydrogen-bond acceptors (Lipinski definition) is 5. The van der Waals surface area contributed by atoms with E-state index in [0.29, 0.717) is 5.75 Å². The molecule has 1 aliphatic rings. The first-order valence-corrected chi connectivity index (χ1v) is 9.03. The van der Waals surface area contributed by atoms with Gasteiger partial charge in [-0.25, -0.2) is 8.42 Å². The summed E-state index contributed by atoms with van der Waals surface area (Å²) in [6, 6.07) is 5.97. The summed E-state index contributed by atoms with van der Waals surface area (Å²) in [5.74, 6) is 0.295. The third-order valence-electron chi connectivity index (χ3n) is 3.70. The van der Waals surface area contributed by atoms with Crippen molar-refractivity contribution in [2.24, 2.45) is 0 Å². The molecule has 5 nitrogen and oxygen atoms in total. The van der Waals surface area contributed by atoms with Gasteiger partial charge in [-0.1, -0.05) is 19.1 Å². The van der Waals surface area contributed by atoms with E-state index in [4.69, 9.17) is 4.74 Å². The summed E-state index contributed by atoms with van der Waals surface area (Å²) < 4.78 is 29.0. The molecule has 1 aromatic carbocycles. The van der Waals surface area contributed by atoms with Crippen LogP contribution >= 0.6 is 0 Å². The first-order valence-electron chi connectivity index (χ1n) is 7.21. The van der Waals surface area contributed by atoms with Gasteiger partial charge < -0.3 is 15.2 Å². The molecule has 1 aromatic rings. The Morgan fingerprint density at radius 2 is 2.14 bits per heavy atom. The van der Waals surface area contributed by atoms with E-state index in [9.17, 15) is 13.5 Å². The van der Waals surface area contributed by atoms with Crippen LogP contribution in [0.2, 0.25) is 0 Å². The van der Waals surface area contributed by atoms with Crippen LogP contribution in [0.5, 0.6) is 5.75 Å². The van der Waals surface area contributed by atoms with E-state index < -0.39 is 22.0 Å². The fourth-order valence-corrected chi connectivity index (χ4v) is 4.25. The third-order valence-corrected chi connectivity index (χ3v) is 5.38. The molecule has 6 heteroatoms. The van der Waals surface area contributed by atoms with Crippen LogP contribution in [0.3, 0.4) is 0 Å². The summed E-state index contributed by atoms with van der Waals surface area (Å²) >= 11 is 0. The van der Waals surface area contributed by atoms with E-state index in [2.05, 4.69) is 5.32 Å². The molecule has 1 aliphatic heterocycles. The Labute approximate surface area is 126 Å². The van der Waals surface area contributed by atoms with Crippen molar-refractivity contribution in [3.8, 4) is 5.75 Å². The Balaban J connectivity index is 2.24. The zero-order chi connectivity index (χ0) is 15.6. The topological polar surface area (TPSA) is 75.6 Å². The van der Waals surface area contributed by atoms with E-state index in [1.165, 1.54) is 0 Å². The molecule has 3 unspecified atom stereocenters. The highest BCUT2D eigenvalue weighted by molar-refractivity contribution is 7.91. The molecule has 21 heavy (non-hydrogen) atoms. The van der Waals surface area contributed by atoms with E-state index in [1.807, 2.05) is 39.0 Å². The number of aliphatic hydroxyl groups excluding tert-OH is 1. The van der Waals surface area contributed by atoms with Crippen LogP contribution in [0.25, 0.3) is 0 Å².